The third-order valence-electron chi connectivity index (χ3n) is 3.60. The zero-order chi connectivity index (χ0) is 14.6. The fourth-order valence-corrected chi connectivity index (χ4v) is 4.21. The van der Waals surface area contributed by atoms with Gasteiger partial charge >= 0.3 is 0 Å². The average Bonchev–Trinajstić information content (AvgIpc) is 2.38. The van der Waals surface area contributed by atoms with Crippen molar-refractivity contribution in [1.29, 1.82) is 0 Å². The van der Waals surface area contributed by atoms with E-state index in [9.17, 15) is 8.42 Å². The van der Waals surface area contributed by atoms with Crippen molar-refractivity contribution in [1.82, 2.24) is 14.0 Å². The second kappa shape index (κ2) is 6.65. The molecule has 1 aliphatic rings. The van der Waals surface area contributed by atoms with Crippen molar-refractivity contribution in [2.75, 3.05) is 19.6 Å². The molecule has 1 saturated heterocycles. The quantitative estimate of drug-likeness (QED) is 0.894. The molecule has 0 bridgehead atoms. The van der Waals surface area contributed by atoms with E-state index in [-0.39, 0.29) is 0 Å². The molecule has 112 valence electrons. The highest BCUT2D eigenvalue weighted by Crippen LogP contribution is 2.22. The predicted octanol–water partition coefficient (Wildman–Crippen LogP) is 1.44. The van der Waals surface area contributed by atoms with Crippen LogP contribution in [0.4, 0.5) is 0 Å². The summed E-state index contributed by atoms with van der Waals surface area (Å²) in [5.74, 6) is 0.849. The molecule has 0 radical (unpaired) electrons. The number of aromatic nitrogens is 1. The fourth-order valence-electron chi connectivity index (χ4n) is 2.76. The maximum Gasteiger partial charge on any atom is 0.279 e. The molecule has 1 aromatic heterocycles. The van der Waals surface area contributed by atoms with Crippen molar-refractivity contribution in [2.45, 2.75) is 26.7 Å². The molecule has 2 heterocycles. The van der Waals surface area contributed by atoms with Crippen LogP contribution in [-0.2, 0) is 16.6 Å². The first kappa shape index (κ1) is 15.4. The normalized spacial score (nSPS) is 24.7. The maximum atomic E-state index is 12.3. The zero-order valence-corrected chi connectivity index (χ0v) is 12.9. The number of nitrogens with zero attached hydrogens (tertiary/aromatic N) is 2. The molecule has 2 unspecified atom stereocenters. The third-order valence-corrected chi connectivity index (χ3v) is 5.14. The highest BCUT2D eigenvalue weighted by Gasteiger charge is 2.29. The molecule has 0 spiro atoms. The van der Waals surface area contributed by atoms with Crippen LogP contribution in [0.1, 0.15) is 25.8 Å². The minimum absolute atomic E-state index is 0.410. The summed E-state index contributed by atoms with van der Waals surface area (Å²) in [7, 11) is -3.36. The molecule has 1 N–H and O–H groups in total. The van der Waals surface area contributed by atoms with Gasteiger partial charge in [0.25, 0.3) is 10.2 Å². The summed E-state index contributed by atoms with van der Waals surface area (Å²) in [4.78, 5) is 4.02. The average molecular weight is 297 g/mol. The number of rotatable bonds is 5. The zero-order valence-electron chi connectivity index (χ0n) is 12.1. The molecule has 1 aliphatic heterocycles. The van der Waals surface area contributed by atoms with Crippen LogP contribution in [0.25, 0.3) is 0 Å². The Hall–Kier alpha value is -0.980. The van der Waals surface area contributed by atoms with E-state index in [1.807, 2.05) is 12.1 Å². The second-order valence-corrected chi connectivity index (χ2v) is 7.53. The molecule has 0 aliphatic carbocycles. The maximum absolute atomic E-state index is 12.3. The minimum atomic E-state index is -3.36. The predicted molar refractivity (Wildman–Crippen MR) is 79.4 cm³/mol. The summed E-state index contributed by atoms with van der Waals surface area (Å²) in [6.45, 7) is 5.86. The molecule has 2 rings (SSSR count). The third kappa shape index (κ3) is 4.26. The number of hydrogen-bond donors (Lipinski definition) is 1. The SMILES string of the molecule is CC1CC(C)CN(S(=O)(=O)NCCc2cccnc2)C1. The van der Waals surface area contributed by atoms with Crippen LogP contribution >= 0.6 is 0 Å². The minimum Gasteiger partial charge on any atom is -0.264 e. The molecule has 0 saturated carbocycles. The molecule has 6 heteroatoms. The van der Waals surface area contributed by atoms with Gasteiger partial charge in [0, 0.05) is 32.0 Å². The van der Waals surface area contributed by atoms with Crippen LogP contribution in [0, 0.1) is 11.8 Å². The Morgan fingerprint density at radius 2 is 2.05 bits per heavy atom. The highest BCUT2D eigenvalue weighted by molar-refractivity contribution is 7.87. The monoisotopic (exact) mass is 297 g/mol. The number of nitrogens with one attached hydrogen (secondary N) is 1. The van der Waals surface area contributed by atoms with Gasteiger partial charge in [0.05, 0.1) is 0 Å². The lowest BCUT2D eigenvalue weighted by Crippen LogP contribution is -2.48. The summed E-state index contributed by atoms with van der Waals surface area (Å²) >= 11 is 0. The Morgan fingerprint density at radius 1 is 1.35 bits per heavy atom. The van der Waals surface area contributed by atoms with Gasteiger partial charge in [-0.2, -0.15) is 12.7 Å². The molecule has 1 fully saturated rings. The van der Waals surface area contributed by atoms with Gasteiger partial charge in [0.2, 0.25) is 0 Å². The first-order valence-electron chi connectivity index (χ1n) is 7.11. The molecular weight excluding hydrogens is 274 g/mol. The summed E-state index contributed by atoms with van der Waals surface area (Å²) in [6.07, 6.45) is 5.23. The van der Waals surface area contributed by atoms with Crippen molar-refractivity contribution in [3.8, 4) is 0 Å². The van der Waals surface area contributed by atoms with Crippen LogP contribution < -0.4 is 4.72 Å². The Balaban J connectivity index is 1.87. The first-order chi connectivity index (χ1) is 9.47. The van der Waals surface area contributed by atoms with Gasteiger partial charge in [-0.05, 0) is 36.3 Å². The first-order valence-corrected chi connectivity index (χ1v) is 8.55. The molecule has 5 nitrogen and oxygen atoms in total. The molecule has 0 amide bonds. The van der Waals surface area contributed by atoms with E-state index in [2.05, 4.69) is 23.6 Å². The topological polar surface area (TPSA) is 62.3 Å². The van der Waals surface area contributed by atoms with Crippen molar-refractivity contribution >= 4 is 10.2 Å². The summed E-state index contributed by atoms with van der Waals surface area (Å²) in [5.41, 5.74) is 1.04. The van der Waals surface area contributed by atoms with Crippen LogP contribution in [0.5, 0.6) is 0 Å². The van der Waals surface area contributed by atoms with E-state index in [0.29, 0.717) is 37.9 Å². The van der Waals surface area contributed by atoms with Gasteiger partial charge in [-0.15, -0.1) is 0 Å². The van der Waals surface area contributed by atoms with Gasteiger partial charge in [-0.25, -0.2) is 4.72 Å². The van der Waals surface area contributed by atoms with Crippen molar-refractivity contribution in [3.05, 3.63) is 30.1 Å². The Labute approximate surface area is 121 Å². The lowest BCUT2D eigenvalue weighted by molar-refractivity contribution is 0.220. The molecule has 2 atom stereocenters. The van der Waals surface area contributed by atoms with Crippen LogP contribution in [-0.4, -0.2) is 37.3 Å². The van der Waals surface area contributed by atoms with Crippen molar-refractivity contribution < 1.29 is 8.42 Å². The standard InChI is InChI=1S/C14H23N3O2S/c1-12-8-13(2)11-17(10-12)20(18,19)16-7-5-14-4-3-6-15-9-14/h3-4,6,9,12-13,16H,5,7-8,10-11H2,1-2H3. The molecule has 1 aromatic rings. The van der Waals surface area contributed by atoms with Gasteiger partial charge in [0.1, 0.15) is 0 Å². The lowest BCUT2D eigenvalue weighted by Gasteiger charge is -2.33. The number of hydrogen-bond acceptors (Lipinski definition) is 3. The van der Waals surface area contributed by atoms with Gasteiger partial charge in [-0.1, -0.05) is 19.9 Å². The summed E-state index contributed by atoms with van der Waals surface area (Å²) in [5, 5.41) is 0. The molecular formula is C14H23N3O2S. The highest BCUT2D eigenvalue weighted by atomic mass is 32.2. The van der Waals surface area contributed by atoms with E-state index < -0.39 is 10.2 Å². The van der Waals surface area contributed by atoms with Gasteiger partial charge in [-0.3, -0.25) is 4.98 Å². The largest absolute Gasteiger partial charge is 0.279 e. The molecule has 20 heavy (non-hydrogen) atoms. The van der Waals surface area contributed by atoms with Crippen molar-refractivity contribution in [3.63, 3.8) is 0 Å². The second-order valence-electron chi connectivity index (χ2n) is 5.77. The van der Waals surface area contributed by atoms with E-state index in [1.165, 1.54) is 0 Å². The number of pyridine rings is 1. The number of piperidine rings is 1. The summed E-state index contributed by atoms with van der Waals surface area (Å²) < 4.78 is 28.8. The van der Waals surface area contributed by atoms with E-state index in [1.54, 1.807) is 16.7 Å². The fraction of sp³-hybridized carbons (Fsp3) is 0.643. The van der Waals surface area contributed by atoms with E-state index in [0.717, 1.165) is 12.0 Å². The van der Waals surface area contributed by atoms with Crippen LogP contribution in [0.15, 0.2) is 24.5 Å². The Bertz CT molecular complexity index is 508. The smallest absolute Gasteiger partial charge is 0.264 e. The summed E-state index contributed by atoms with van der Waals surface area (Å²) in [6, 6.07) is 3.81. The van der Waals surface area contributed by atoms with Gasteiger partial charge in [0.15, 0.2) is 0 Å². The van der Waals surface area contributed by atoms with E-state index >= 15 is 0 Å². The Morgan fingerprint density at radius 3 is 2.65 bits per heavy atom. The van der Waals surface area contributed by atoms with Crippen LogP contribution in [0.3, 0.4) is 0 Å². The van der Waals surface area contributed by atoms with Crippen molar-refractivity contribution in [2.24, 2.45) is 11.8 Å². The lowest BCUT2D eigenvalue weighted by atomic mass is 9.94. The Kier molecular flexibility index (Phi) is 5.12. The van der Waals surface area contributed by atoms with Crippen LogP contribution in [0.2, 0.25) is 0 Å². The van der Waals surface area contributed by atoms with Gasteiger partial charge < -0.3 is 0 Å². The molecule has 0 aromatic carbocycles. The van der Waals surface area contributed by atoms with E-state index in [4.69, 9.17) is 0 Å².